The molecule has 0 unspecified atom stereocenters. The van der Waals surface area contributed by atoms with Crippen LogP contribution in [0, 0.1) is 0 Å². The summed E-state index contributed by atoms with van der Waals surface area (Å²) < 4.78 is 6.30. The Morgan fingerprint density at radius 1 is 0.737 bits per heavy atom. The van der Waals surface area contributed by atoms with Crippen molar-refractivity contribution in [3.8, 4) is 0 Å². The van der Waals surface area contributed by atoms with Gasteiger partial charge in [-0.2, -0.15) is 0 Å². The summed E-state index contributed by atoms with van der Waals surface area (Å²) in [6, 6.07) is 0. The molecular weight excluding hydrogens is 272 g/mol. The molecule has 0 aliphatic carbocycles. The molecule has 112 valence electrons. The van der Waals surface area contributed by atoms with Gasteiger partial charge in [-0.25, -0.2) is 0 Å². The average molecular weight is 303 g/mol. The predicted molar refractivity (Wildman–Crippen MR) is 86.9 cm³/mol. The molecule has 0 aliphatic rings. The Kier molecular flexibility index (Phi) is 5.99. The lowest BCUT2D eigenvalue weighted by molar-refractivity contribution is 0.132. The fourth-order valence-corrected chi connectivity index (χ4v) is 9.14. The minimum absolute atomic E-state index is 0.803. The van der Waals surface area contributed by atoms with Gasteiger partial charge >= 0.3 is 0 Å². The highest BCUT2D eigenvalue weighted by atomic mass is 28.4. The molecule has 0 amide bonds. The van der Waals surface area contributed by atoms with Gasteiger partial charge in [0.05, 0.1) is 11.2 Å². The van der Waals surface area contributed by atoms with Gasteiger partial charge in [0.2, 0.25) is 0 Å². The summed E-state index contributed by atoms with van der Waals surface area (Å²) in [5.74, 6) is 0. The molecule has 0 aromatic heterocycles. The molecule has 0 atom stereocenters. The van der Waals surface area contributed by atoms with Crippen LogP contribution < -0.4 is 0 Å². The Labute approximate surface area is 120 Å². The molecule has 0 saturated heterocycles. The Morgan fingerprint density at radius 2 is 1.00 bits per heavy atom. The van der Waals surface area contributed by atoms with Crippen molar-refractivity contribution >= 4 is 16.6 Å². The van der Waals surface area contributed by atoms with Crippen molar-refractivity contribution in [1.29, 1.82) is 0 Å². The van der Waals surface area contributed by atoms with Gasteiger partial charge in [0, 0.05) is 0 Å². The van der Waals surface area contributed by atoms with E-state index in [0.29, 0.717) is 0 Å². The molecule has 5 heteroatoms. The minimum Gasteiger partial charge on any atom is -0.449 e. The molecule has 2 N–H and O–H groups in total. The summed E-state index contributed by atoms with van der Waals surface area (Å²) in [5.41, 5.74) is 2.45. The topological polar surface area (TPSA) is 49.7 Å². The zero-order valence-electron chi connectivity index (χ0n) is 13.6. The number of aliphatic hydroxyl groups is 2. The molecule has 19 heavy (non-hydrogen) atoms. The van der Waals surface area contributed by atoms with E-state index >= 15 is 0 Å². The third kappa shape index (κ3) is 11.3. The van der Waals surface area contributed by atoms with Gasteiger partial charge in [-0.3, -0.25) is 0 Å². The van der Waals surface area contributed by atoms with Crippen molar-refractivity contribution in [2.24, 2.45) is 0 Å². The van der Waals surface area contributed by atoms with E-state index in [-0.39, 0.29) is 0 Å². The summed E-state index contributed by atoms with van der Waals surface area (Å²) in [5, 5.41) is 19.5. The van der Waals surface area contributed by atoms with E-state index in [9.17, 15) is 10.2 Å². The lowest BCUT2D eigenvalue weighted by atomic mass is 10.1. The van der Waals surface area contributed by atoms with Crippen LogP contribution in [0.3, 0.4) is 0 Å². The largest absolute Gasteiger partial charge is 0.449 e. The maximum Gasteiger partial charge on any atom is 0.198 e. The standard InChI is InChI=1S/C14H30O3Si2/c1-13(2,15)9-11-18(5,6)17-19(7,8)12-10-14(3,4)16/h9-12,15-16H,1-8H3/b11-9+,12-10+. The predicted octanol–water partition coefficient (Wildman–Crippen LogP) is 3.15. The van der Waals surface area contributed by atoms with Gasteiger partial charge < -0.3 is 14.3 Å². The molecule has 0 aliphatic heterocycles. The van der Waals surface area contributed by atoms with Crippen molar-refractivity contribution in [3.63, 3.8) is 0 Å². The van der Waals surface area contributed by atoms with Gasteiger partial charge in [0.1, 0.15) is 0 Å². The average Bonchev–Trinajstić information content (AvgIpc) is 2.09. The van der Waals surface area contributed by atoms with Crippen LogP contribution in [0.5, 0.6) is 0 Å². The summed E-state index contributed by atoms with van der Waals surface area (Å²) in [6.07, 6.45) is 3.62. The second-order valence-corrected chi connectivity index (χ2v) is 15.2. The molecule has 0 bridgehead atoms. The highest BCUT2D eigenvalue weighted by Crippen LogP contribution is 2.19. The highest BCUT2D eigenvalue weighted by molar-refractivity contribution is 6.89. The van der Waals surface area contributed by atoms with Crippen LogP contribution >= 0.6 is 0 Å². The fourth-order valence-electron chi connectivity index (χ4n) is 1.56. The first-order valence-corrected chi connectivity index (χ1v) is 12.6. The monoisotopic (exact) mass is 302 g/mol. The minimum atomic E-state index is -1.96. The third-order valence-corrected chi connectivity index (χ3v) is 8.46. The van der Waals surface area contributed by atoms with E-state index in [1.165, 1.54) is 0 Å². The Morgan fingerprint density at radius 3 is 1.21 bits per heavy atom. The molecule has 0 radical (unpaired) electrons. The zero-order valence-corrected chi connectivity index (χ0v) is 15.6. The van der Waals surface area contributed by atoms with Crippen LogP contribution in [-0.2, 0) is 4.12 Å². The molecular formula is C14H30O3Si2. The maximum absolute atomic E-state index is 9.73. The van der Waals surface area contributed by atoms with Crippen molar-refractivity contribution < 1.29 is 14.3 Å². The first-order valence-electron chi connectivity index (χ1n) is 6.68. The number of rotatable bonds is 6. The van der Waals surface area contributed by atoms with Crippen LogP contribution in [0.25, 0.3) is 0 Å². The molecule has 3 nitrogen and oxygen atoms in total. The van der Waals surface area contributed by atoms with Crippen LogP contribution in [0.4, 0.5) is 0 Å². The van der Waals surface area contributed by atoms with E-state index < -0.39 is 27.8 Å². The van der Waals surface area contributed by atoms with Crippen molar-refractivity contribution in [3.05, 3.63) is 23.6 Å². The SMILES string of the molecule is CC(C)(O)/C=C/[Si](C)(C)O[Si](C)(C)/C=C/C(C)(C)O. The normalized spacial score (nSPS) is 15.7. The molecule has 0 aromatic carbocycles. The second kappa shape index (κ2) is 6.05. The quantitative estimate of drug-likeness (QED) is 0.741. The number of hydrogen-bond donors (Lipinski definition) is 2. The number of hydrogen-bond acceptors (Lipinski definition) is 3. The summed E-state index contributed by atoms with van der Waals surface area (Å²) in [7, 11) is -3.91. The molecule has 0 aromatic rings. The first-order chi connectivity index (χ1) is 8.12. The summed E-state index contributed by atoms with van der Waals surface area (Å²) in [6.45, 7) is 15.5. The van der Waals surface area contributed by atoms with E-state index in [4.69, 9.17) is 4.12 Å². The van der Waals surface area contributed by atoms with Crippen molar-refractivity contribution in [1.82, 2.24) is 0 Å². The molecule has 0 rings (SSSR count). The Hall–Kier alpha value is -0.206. The first kappa shape index (κ1) is 18.8. The lowest BCUT2D eigenvalue weighted by Crippen LogP contribution is -2.43. The van der Waals surface area contributed by atoms with Crippen molar-refractivity contribution in [2.75, 3.05) is 0 Å². The lowest BCUT2D eigenvalue weighted by Gasteiger charge is -2.31. The maximum atomic E-state index is 9.73. The Balaban J connectivity index is 4.82. The van der Waals surface area contributed by atoms with Crippen molar-refractivity contribution in [2.45, 2.75) is 65.1 Å². The van der Waals surface area contributed by atoms with E-state index in [1.54, 1.807) is 27.7 Å². The molecule has 0 fully saturated rings. The van der Waals surface area contributed by atoms with E-state index in [1.807, 2.05) is 23.6 Å². The molecule has 0 spiro atoms. The zero-order chi connectivity index (χ0) is 15.5. The fraction of sp³-hybridized carbons (Fsp3) is 0.714. The van der Waals surface area contributed by atoms with Gasteiger partial charge in [0.25, 0.3) is 0 Å². The summed E-state index contributed by atoms with van der Waals surface area (Å²) >= 11 is 0. The van der Waals surface area contributed by atoms with Crippen LogP contribution in [0.2, 0.25) is 26.2 Å². The molecule has 0 saturated carbocycles. The Bertz CT molecular complexity index is 311. The van der Waals surface area contributed by atoms with Crippen LogP contribution in [-0.4, -0.2) is 38.0 Å². The van der Waals surface area contributed by atoms with E-state index in [2.05, 4.69) is 26.2 Å². The summed E-state index contributed by atoms with van der Waals surface area (Å²) in [4.78, 5) is 0. The second-order valence-electron chi connectivity index (χ2n) is 7.28. The molecule has 0 heterocycles. The van der Waals surface area contributed by atoms with Gasteiger partial charge in [0.15, 0.2) is 16.6 Å². The highest BCUT2D eigenvalue weighted by Gasteiger charge is 2.30. The van der Waals surface area contributed by atoms with Gasteiger partial charge in [-0.05, 0) is 53.9 Å². The van der Waals surface area contributed by atoms with Gasteiger partial charge in [-0.1, -0.05) is 23.6 Å². The van der Waals surface area contributed by atoms with Crippen LogP contribution in [0.1, 0.15) is 27.7 Å². The van der Waals surface area contributed by atoms with E-state index in [0.717, 1.165) is 0 Å². The smallest absolute Gasteiger partial charge is 0.198 e. The third-order valence-electron chi connectivity index (χ3n) is 2.31. The van der Waals surface area contributed by atoms with Gasteiger partial charge in [-0.15, -0.1) is 0 Å². The van der Waals surface area contributed by atoms with Crippen LogP contribution in [0.15, 0.2) is 23.6 Å².